The Hall–Kier alpha value is -0.810. The Morgan fingerprint density at radius 2 is 2.12 bits per heavy atom. The van der Waals surface area contributed by atoms with Crippen LogP contribution in [0.3, 0.4) is 0 Å². The summed E-state index contributed by atoms with van der Waals surface area (Å²) in [5, 5.41) is 7.69. The van der Waals surface area contributed by atoms with Crippen LogP contribution in [0.1, 0.15) is 6.92 Å². The topological polar surface area (TPSA) is 98.6 Å². The van der Waals surface area contributed by atoms with Crippen LogP contribution >= 0.6 is 0 Å². The van der Waals surface area contributed by atoms with Crippen LogP contribution in [0.5, 0.6) is 0 Å². The van der Waals surface area contributed by atoms with Gasteiger partial charge in [0, 0.05) is 0 Å². The molecule has 0 aromatic rings. The molecule has 0 aromatic heterocycles. The Kier molecular flexibility index (Phi) is 12.1. The van der Waals surface area contributed by atoms with E-state index in [1.807, 2.05) is 0 Å². The molecule has 0 atom stereocenters. The third kappa shape index (κ3) is 19.0. The van der Waals surface area contributed by atoms with Crippen molar-refractivity contribution in [1.82, 2.24) is 0 Å². The van der Waals surface area contributed by atoms with Gasteiger partial charge in [0.2, 0.25) is 0 Å². The van der Waals surface area contributed by atoms with Crippen LogP contribution in [0.4, 0.5) is 4.79 Å². The third-order valence-electron chi connectivity index (χ3n) is 0.268. The van der Waals surface area contributed by atoms with Crippen molar-refractivity contribution in [3.8, 4) is 0 Å². The monoisotopic (exact) mass is 122 g/mol. The van der Waals surface area contributed by atoms with Crippen LogP contribution in [0.2, 0.25) is 0 Å². The fraction of sp³-hybridized carbons (Fsp3) is 0.667. The lowest BCUT2D eigenvalue weighted by Gasteiger charge is -1.87. The summed E-state index contributed by atoms with van der Waals surface area (Å²) in [6, 6.07) is 0. The average Bonchev–Trinajstić information content (AvgIpc) is 1.72. The van der Waals surface area contributed by atoms with E-state index in [4.69, 9.17) is 5.11 Å². The molecule has 5 N–H and O–H groups in total. The van der Waals surface area contributed by atoms with Crippen LogP contribution in [0.25, 0.3) is 0 Å². The SMILES string of the molecule is CCOC(=O)O.NN. The summed E-state index contributed by atoms with van der Waals surface area (Å²) in [4.78, 5) is 9.38. The Morgan fingerprint density at radius 1 is 1.75 bits per heavy atom. The number of nitrogens with two attached hydrogens (primary N) is 2. The molecule has 0 aliphatic heterocycles. The summed E-state index contributed by atoms with van der Waals surface area (Å²) in [6.45, 7) is 1.85. The van der Waals surface area contributed by atoms with E-state index in [1.54, 1.807) is 6.92 Å². The fourth-order valence-corrected chi connectivity index (χ4v) is 0.123. The maximum absolute atomic E-state index is 9.38. The molecule has 0 bridgehead atoms. The van der Waals surface area contributed by atoms with Crippen molar-refractivity contribution in [3.05, 3.63) is 0 Å². The number of rotatable bonds is 1. The molecule has 8 heavy (non-hydrogen) atoms. The molecule has 0 aromatic carbocycles. The zero-order valence-electron chi connectivity index (χ0n) is 4.63. The number of carbonyl (C=O) groups is 1. The van der Waals surface area contributed by atoms with Crippen LogP contribution in [-0.2, 0) is 4.74 Å². The Balaban J connectivity index is 0. The van der Waals surface area contributed by atoms with Crippen LogP contribution in [-0.4, -0.2) is 17.9 Å². The highest BCUT2D eigenvalue weighted by Gasteiger charge is 1.86. The van der Waals surface area contributed by atoms with Crippen LogP contribution < -0.4 is 11.7 Å². The fourth-order valence-electron chi connectivity index (χ4n) is 0.123. The van der Waals surface area contributed by atoms with Gasteiger partial charge in [0.15, 0.2) is 0 Å². The first-order chi connectivity index (χ1) is 3.77. The summed E-state index contributed by atoms with van der Waals surface area (Å²) >= 11 is 0. The minimum Gasteiger partial charge on any atom is -0.450 e. The van der Waals surface area contributed by atoms with Gasteiger partial charge < -0.3 is 9.84 Å². The molecule has 0 saturated carbocycles. The van der Waals surface area contributed by atoms with Gasteiger partial charge >= 0.3 is 6.16 Å². The predicted octanol–water partition coefficient (Wildman–Crippen LogP) is -0.480. The summed E-state index contributed by atoms with van der Waals surface area (Å²) in [7, 11) is 0. The molecule has 0 heterocycles. The number of hydrazine groups is 1. The zero-order valence-corrected chi connectivity index (χ0v) is 4.63. The van der Waals surface area contributed by atoms with E-state index >= 15 is 0 Å². The van der Waals surface area contributed by atoms with Gasteiger partial charge in [-0.1, -0.05) is 0 Å². The highest BCUT2D eigenvalue weighted by atomic mass is 16.7. The van der Waals surface area contributed by atoms with Gasteiger partial charge in [-0.05, 0) is 6.92 Å². The highest BCUT2D eigenvalue weighted by Crippen LogP contribution is 1.69. The molecule has 0 rings (SSSR count). The van der Waals surface area contributed by atoms with Crippen LogP contribution in [0.15, 0.2) is 0 Å². The molecule has 0 radical (unpaired) electrons. The summed E-state index contributed by atoms with van der Waals surface area (Å²) in [6.07, 6.45) is -1.21. The second-order valence-corrected chi connectivity index (χ2v) is 0.699. The molecular formula is C3H10N2O3. The summed E-state index contributed by atoms with van der Waals surface area (Å²) in [5.74, 6) is 8.00. The normalized spacial score (nSPS) is 6.38. The quantitative estimate of drug-likeness (QED) is 0.248. The summed E-state index contributed by atoms with van der Waals surface area (Å²) in [5.41, 5.74) is 0. The second kappa shape index (κ2) is 9.50. The molecule has 5 heteroatoms. The highest BCUT2D eigenvalue weighted by molar-refractivity contribution is 5.56. The largest absolute Gasteiger partial charge is 0.505 e. The molecule has 0 saturated heterocycles. The Morgan fingerprint density at radius 3 is 2.12 bits per heavy atom. The lowest BCUT2D eigenvalue weighted by Crippen LogP contribution is -2.02. The number of hydrogen-bond donors (Lipinski definition) is 3. The first-order valence-electron chi connectivity index (χ1n) is 1.96. The van der Waals surface area contributed by atoms with E-state index in [2.05, 4.69) is 16.4 Å². The van der Waals surface area contributed by atoms with Gasteiger partial charge in [-0.2, -0.15) is 0 Å². The average molecular weight is 122 g/mol. The van der Waals surface area contributed by atoms with Crippen molar-refractivity contribution in [2.75, 3.05) is 6.61 Å². The molecule has 50 valence electrons. The standard InChI is InChI=1S/C3H6O3.H4N2/c1-2-6-3(4)5;1-2/h2H2,1H3,(H,4,5);1-2H2. The maximum atomic E-state index is 9.38. The van der Waals surface area contributed by atoms with Crippen molar-refractivity contribution >= 4 is 6.16 Å². The van der Waals surface area contributed by atoms with Gasteiger partial charge in [-0.3, -0.25) is 11.7 Å². The number of ether oxygens (including phenoxy) is 1. The van der Waals surface area contributed by atoms with E-state index < -0.39 is 6.16 Å². The van der Waals surface area contributed by atoms with E-state index in [9.17, 15) is 4.79 Å². The van der Waals surface area contributed by atoms with E-state index in [-0.39, 0.29) is 6.61 Å². The van der Waals surface area contributed by atoms with Crippen molar-refractivity contribution < 1.29 is 14.6 Å². The maximum Gasteiger partial charge on any atom is 0.505 e. The van der Waals surface area contributed by atoms with Crippen molar-refractivity contribution in [2.45, 2.75) is 6.92 Å². The predicted molar refractivity (Wildman–Crippen MR) is 28.0 cm³/mol. The number of carboxylic acid groups (broad SMARTS) is 1. The lowest BCUT2D eigenvalue weighted by molar-refractivity contribution is 0.0966. The Bertz CT molecular complexity index is 56.5. The molecule has 0 amide bonds. The van der Waals surface area contributed by atoms with Gasteiger partial charge in [0.25, 0.3) is 0 Å². The second-order valence-electron chi connectivity index (χ2n) is 0.699. The molecule has 0 unspecified atom stereocenters. The zero-order chi connectivity index (χ0) is 6.99. The first kappa shape index (κ1) is 10.2. The van der Waals surface area contributed by atoms with E-state index in [0.717, 1.165) is 0 Å². The smallest absolute Gasteiger partial charge is 0.450 e. The van der Waals surface area contributed by atoms with Gasteiger partial charge in [0.1, 0.15) is 0 Å². The molecule has 0 aliphatic rings. The molecule has 0 spiro atoms. The minimum atomic E-state index is -1.21. The molecular weight excluding hydrogens is 112 g/mol. The molecule has 0 fully saturated rings. The Labute approximate surface area is 47.2 Å². The van der Waals surface area contributed by atoms with Gasteiger partial charge in [-0.25, -0.2) is 4.79 Å². The molecule has 5 nitrogen and oxygen atoms in total. The van der Waals surface area contributed by atoms with E-state index in [1.165, 1.54) is 0 Å². The van der Waals surface area contributed by atoms with Gasteiger partial charge in [-0.15, -0.1) is 0 Å². The van der Waals surface area contributed by atoms with Crippen molar-refractivity contribution in [1.29, 1.82) is 0 Å². The summed E-state index contributed by atoms with van der Waals surface area (Å²) < 4.78 is 3.96. The third-order valence-corrected chi connectivity index (χ3v) is 0.268. The number of hydrogen-bond acceptors (Lipinski definition) is 4. The minimum absolute atomic E-state index is 0.231. The first-order valence-corrected chi connectivity index (χ1v) is 1.96. The van der Waals surface area contributed by atoms with Crippen LogP contribution in [0, 0.1) is 0 Å². The van der Waals surface area contributed by atoms with Crippen molar-refractivity contribution in [2.24, 2.45) is 11.7 Å². The van der Waals surface area contributed by atoms with Gasteiger partial charge in [0.05, 0.1) is 6.61 Å². The lowest BCUT2D eigenvalue weighted by atomic mass is 10.9. The van der Waals surface area contributed by atoms with E-state index in [0.29, 0.717) is 0 Å². The van der Waals surface area contributed by atoms with Crippen molar-refractivity contribution in [3.63, 3.8) is 0 Å². The molecule has 0 aliphatic carbocycles.